The first-order chi connectivity index (χ1) is 15.7. The molecule has 6 nitrogen and oxygen atoms in total. The van der Waals surface area contributed by atoms with E-state index in [-0.39, 0.29) is 12.1 Å². The summed E-state index contributed by atoms with van der Waals surface area (Å²) in [5.74, 6) is 1.90. The number of amides is 1. The van der Waals surface area contributed by atoms with Crippen LogP contribution in [0.4, 0.5) is 10.5 Å². The molecule has 2 aromatic carbocycles. The van der Waals surface area contributed by atoms with Crippen LogP contribution in [0.5, 0.6) is 11.5 Å². The van der Waals surface area contributed by atoms with Crippen molar-refractivity contribution in [2.24, 2.45) is 5.92 Å². The van der Waals surface area contributed by atoms with Gasteiger partial charge >= 0.3 is 6.09 Å². The highest BCUT2D eigenvalue weighted by molar-refractivity contribution is 5.84. The summed E-state index contributed by atoms with van der Waals surface area (Å²) in [6, 6.07) is 21.2. The number of anilines is 1. The van der Waals surface area contributed by atoms with Crippen LogP contribution in [0.25, 0.3) is 0 Å². The van der Waals surface area contributed by atoms with E-state index in [9.17, 15) is 4.79 Å². The Morgan fingerprint density at radius 3 is 2.44 bits per heavy atom. The molecule has 32 heavy (non-hydrogen) atoms. The van der Waals surface area contributed by atoms with E-state index in [1.165, 1.54) is 5.56 Å². The van der Waals surface area contributed by atoms with Crippen molar-refractivity contribution >= 4 is 11.8 Å². The topological polar surface area (TPSA) is 63.7 Å². The third-order valence-corrected chi connectivity index (χ3v) is 6.38. The Bertz CT molecular complexity index is 1020. The molecule has 3 saturated heterocycles. The highest BCUT2D eigenvalue weighted by Gasteiger charge is 2.44. The standard InChI is InChI=1S/C26H27N3O3/c30-26(28-21-8-10-23(11-9-21)31-22-6-2-1-3-7-22)32-25-20-12-15-29(16-13-20)24(25)17-19-5-4-14-27-18-19/h1-11,14,18,20,24-25H,12-13,15-17H2,(H,28,30)/t24-,25+/m1/s1. The Morgan fingerprint density at radius 1 is 0.969 bits per heavy atom. The molecule has 0 radical (unpaired) electrons. The second-order valence-electron chi connectivity index (χ2n) is 8.44. The van der Waals surface area contributed by atoms with E-state index in [2.05, 4.69) is 21.3 Å². The highest BCUT2D eigenvalue weighted by Crippen LogP contribution is 2.36. The lowest BCUT2D eigenvalue weighted by molar-refractivity contribution is -0.0741. The van der Waals surface area contributed by atoms with Gasteiger partial charge in [-0.25, -0.2) is 4.79 Å². The molecule has 3 aliphatic heterocycles. The zero-order chi connectivity index (χ0) is 21.8. The monoisotopic (exact) mass is 429 g/mol. The molecule has 6 rings (SSSR count). The van der Waals surface area contributed by atoms with Crippen LogP contribution >= 0.6 is 0 Å². The van der Waals surface area contributed by atoms with Gasteiger partial charge in [-0.05, 0) is 80.4 Å². The van der Waals surface area contributed by atoms with E-state index in [0.717, 1.165) is 38.1 Å². The number of carbonyl (C=O) groups excluding carboxylic acids is 1. The molecule has 1 N–H and O–H groups in total. The van der Waals surface area contributed by atoms with Crippen molar-refractivity contribution in [1.29, 1.82) is 0 Å². The summed E-state index contributed by atoms with van der Waals surface area (Å²) in [6.45, 7) is 2.14. The fourth-order valence-corrected chi connectivity index (χ4v) is 4.78. The number of nitrogens with one attached hydrogen (secondary N) is 1. The average Bonchev–Trinajstić information content (AvgIpc) is 2.84. The molecule has 2 atom stereocenters. The van der Waals surface area contributed by atoms with Gasteiger partial charge in [-0.1, -0.05) is 24.3 Å². The first-order valence-electron chi connectivity index (χ1n) is 11.2. The van der Waals surface area contributed by atoms with E-state index < -0.39 is 6.09 Å². The summed E-state index contributed by atoms with van der Waals surface area (Å²) in [6.07, 6.45) is 6.16. The van der Waals surface area contributed by atoms with Crippen molar-refractivity contribution in [3.8, 4) is 11.5 Å². The largest absolute Gasteiger partial charge is 0.457 e. The van der Waals surface area contributed by atoms with Gasteiger partial charge in [-0.15, -0.1) is 0 Å². The Hall–Kier alpha value is -3.38. The predicted octanol–water partition coefficient (Wildman–Crippen LogP) is 5.13. The maximum Gasteiger partial charge on any atom is 0.411 e. The van der Waals surface area contributed by atoms with Crippen LogP contribution in [0.1, 0.15) is 18.4 Å². The molecule has 3 aliphatic rings. The third kappa shape index (κ3) is 4.75. The van der Waals surface area contributed by atoms with Crippen LogP contribution < -0.4 is 10.1 Å². The molecule has 0 saturated carbocycles. The number of hydrogen-bond acceptors (Lipinski definition) is 5. The normalized spacial score (nSPS) is 24.0. The number of fused-ring (bicyclic) bond motifs is 3. The van der Waals surface area contributed by atoms with Crippen molar-refractivity contribution in [2.75, 3.05) is 18.4 Å². The van der Waals surface area contributed by atoms with E-state index in [1.807, 2.05) is 66.9 Å². The maximum absolute atomic E-state index is 12.7. The van der Waals surface area contributed by atoms with Gasteiger partial charge in [0.2, 0.25) is 0 Å². The first kappa shape index (κ1) is 20.5. The van der Waals surface area contributed by atoms with Crippen molar-refractivity contribution in [3.63, 3.8) is 0 Å². The SMILES string of the molecule is O=C(Nc1ccc(Oc2ccccc2)cc1)O[C@H]1C2CCN(CC2)[C@@H]1Cc1cccnc1. The van der Waals surface area contributed by atoms with Crippen LogP contribution in [0, 0.1) is 5.92 Å². The highest BCUT2D eigenvalue weighted by atomic mass is 16.6. The van der Waals surface area contributed by atoms with Crippen molar-refractivity contribution < 1.29 is 14.3 Å². The predicted molar refractivity (Wildman–Crippen MR) is 123 cm³/mol. The number of para-hydroxylation sites is 1. The van der Waals surface area contributed by atoms with E-state index in [0.29, 0.717) is 17.4 Å². The van der Waals surface area contributed by atoms with Gasteiger partial charge in [0.1, 0.15) is 17.6 Å². The number of carbonyl (C=O) groups is 1. The number of nitrogens with zero attached hydrogens (tertiary/aromatic N) is 2. The van der Waals surface area contributed by atoms with Gasteiger partial charge in [0.05, 0.1) is 6.04 Å². The van der Waals surface area contributed by atoms with Crippen LogP contribution in [0.15, 0.2) is 79.1 Å². The number of aromatic nitrogens is 1. The molecular weight excluding hydrogens is 402 g/mol. The molecule has 2 bridgehead atoms. The summed E-state index contributed by atoms with van der Waals surface area (Å²) in [4.78, 5) is 19.4. The molecule has 3 aromatic rings. The average molecular weight is 430 g/mol. The zero-order valence-corrected chi connectivity index (χ0v) is 17.9. The molecule has 3 fully saturated rings. The van der Waals surface area contributed by atoms with Crippen LogP contribution in [-0.4, -0.2) is 41.2 Å². The number of ether oxygens (including phenoxy) is 2. The second kappa shape index (κ2) is 9.40. The maximum atomic E-state index is 12.7. The molecule has 1 amide bonds. The molecular formula is C26H27N3O3. The molecule has 0 spiro atoms. The lowest BCUT2D eigenvalue weighted by atomic mass is 9.78. The Labute approximate surface area is 188 Å². The van der Waals surface area contributed by atoms with Crippen molar-refractivity contribution in [2.45, 2.75) is 31.4 Å². The van der Waals surface area contributed by atoms with Crippen LogP contribution in [0.2, 0.25) is 0 Å². The first-order valence-corrected chi connectivity index (χ1v) is 11.2. The van der Waals surface area contributed by atoms with E-state index in [4.69, 9.17) is 9.47 Å². The second-order valence-corrected chi connectivity index (χ2v) is 8.44. The smallest absolute Gasteiger partial charge is 0.411 e. The Kier molecular flexibility index (Phi) is 6.03. The quantitative estimate of drug-likeness (QED) is 0.589. The Morgan fingerprint density at radius 2 is 1.72 bits per heavy atom. The van der Waals surface area contributed by atoms with Gasteiger partial charge < -0.3 is 9.47 Å². The minimum Gasteiger partial charge on any atom is -0.457 e. The molecule has 6 heteroatoms. The summed E-state index contributed by atoms with van der Waals surface area (Å²) >= 11 is 0. The number of piperidine rings is 3. The summed E-state index contributed by atoms with van der Waals surface area (Å²) < 4.78 is 11.8. The Balaban J connectivity index is 1.21. The van der Waals surface area contributed by atoms with Crippen molar-refractivity contribution in [1.82, 2.24) is 9.88 Å². The number of benzene rings is 2. The van der Waals surface area contributed by atoms with Gasteiger partial charge in [0.15, 0.2) is 0 Å². The van der Waals surface area contributed by atoms with Crippen LogP contribution in [-0.2, 0) is 11.2 Å². The molecule has 4 heterocycles. The molecule has 164 valence electrons. The van der Waals surface area contributed by atoms with Gasteiger partial charge in [0, 0.05) is 24.0 Å². The summed E-state index contributed by atoms with van der Waals surface area (Å²) in [5.41, 5.74) is 1.86. The molecule has 0 unspecified atom stereocenters. The number of hydrogen-bond donors (Lipinski definition) is 1. The van der Waals surface area contributed by atoms with Gasteiger partial charge in [-0.2, -0.15) is 0 Å². The molecule has 1 aromatic heterocycles. The van der Waals surface area contributed by atoms with Crippen LogP contribution in [0.3, 0.4) is 0 Å². The fraction of sp³-hybridized carbons (Fsp3) is 0.308. The minimum absolute atomic E-state index is 0.113. The lowest BCUT2D eigenvalue weighted by Gasteiger charge is -2.50. The van der Waals surface area contributed by atoms with E-state index >= 15 is 0 Å². The minimum atomic E-state index is -0.406. The zero-order valence-electron chi connectivity index (χ0n) is 17.9. The number of pyridine rings is 1. The summed E-state index contributed by atoms with van der Waals surface area (Å²) in [7, 11) is 0. The number of rotatable bonds is 6. The fourth-order valence-electron chi connectivity index (χ4n) is 4.78. The lowest BCUT2D eigenvalue weighted by Crippen LogP contribution is -2.60. The van der Waals surface area contributed by atoms with Gasteiger partial charge in [0.25, 0.3) is 0 Å². The third-order valence-electron chi connectivity index (χ3n) is 6.38. The van der Waals surface area contributed by atoms with Gasteiger partial charge in [-0.3, -0.25) is 15.2 Å². The van der Waals surface area contributed by atoms with E-state index in [1.54, 1.807) is 6.20 Å². The molecule has 0 aliphatic carbocycles. The summed E-state index contributed by atoms with van der Waals surface area (Å²) in [5, 5.41) is 2.88. The van der Waals surface area contributed by atoms with Crippen molar-refractivity contribution in [3.05, 3.63) is 84.7 Å².